The van der Waals surface area contributed by atoms with Gasteiger partial charge in [-0.1, -0.05) is 40.9 Å². The Morgan fingerprint density at radius 3 is 2.19 bits per heavy atom. The van der Waals surface area contributed by atoms with Gasteiger partial charge in [-0.05, 0) is 38.0 Å². The molecule has 0 aliphatic rings. The highest BCUT2D eigenvalue weighted by atomic mass is 35.5. The molecule has 0 saturated heterocycles. The van der Waals surface area contributed by atoms with Crippen molar-refractivity contribution in [3.8, 4) is 5.75 Å². The summed E-state index contributed by atoms with van der Waals surface area (Å²) in [7, 11) is 0. The number of rotatable bonds is 5. The second kappa shape index (κ2) is 8.12. The molecule has 2 rings (SSSR count). The fraction of sp³-hybridized carbons (Fsp3) is 0.235. The molecule has 26 heavy (non-hydrogen) atoms. The van der Waals surface area contributed by atoms with Gasteiger partial charge < -0.3 is 10.1 Å². The summed E-state index contributed by atoms with van der Waals surface area (Å²) in [5.41, 5.74) is 1.78. The van der Waals surface area contributed by atoms with Crippen LogP contribution >= 0.6 is 34.8 Å². The number of hydrogen-bond donors (Lipinski definition) is 1. The molecule has 1 amide bonds. The lowest BCUT2D eigenvalue weighted by Gasteiger charge is -2.15. The van der Waals surface area contributed by atoms with Gasteiger partial charge in [0, 0.05) is 11.1 Å². The maximum absolute atomic E-state index is 12.2. The molecule has 0 heterocycles. The van der Waals surface area contributed by atoms with E-state index in [0.29, 0.717) is 27.4 Å². The molecule has 1 N–H and O–H groups in total. The number of nitro benzene ring substituents is 1. The van der Waals surface area contributed by atoms with Gasteiger partial charge in [-0.3, -0.25) is 14.9 Å². The number of amides is 1. The van der Waals surface area contributed by atoms with Crippen molar-refractivity contribution in [2.24, 2.45) is 0 Å². The lowest BCUT2D eigenvalue weighted by atomic mass is 10.1. The number of anilines is 1. The first-order valence-electron chi connectivity index (χ1n) is 7.45. The van der Waals surface area contributed by atoms with Gasteiger partial charge in [0.1, 0.15) is 0 Å². The molecule has 0 bridgehead atoms. The van der Waals surface area contributed by atoms with Crippen molar-refractivity contribution in [1.82, 2.24) is 0 Å². The Morgan fingerprint density at radius 2 is 1.65 bits per heavy atom. The first-order chi connectivity index (χ1) is 12.1. The molecule has 0 aliphatic heterocycles. The van der Waals surface area contributed by atoms with Gasteiger partial charge in [0.25, 0.3) is 11.6 Å². The maximum Gasteiger partial charge on any atom is 0.274 e. The zero-order chi connectivity index (χ0) is 19.6. The summed E-state index contributed by atoms with van der Waals surface area (Å²) in [5, 5.41) is 14.4. The van der Waals surface area contributed by atoms with Crippen LogP contribution in [0.1, 0.15) is 16.7 Å². The first-order valence-corrected chi connectivity index (χ1v) is 8.58. The topological polar surface area (TPSA) is 81.5 Å². The molecule has 2 aromatic rings. The summed E-state index contributed by atoms with van der Waals surface area (Å²) in [4.78, 5) is 22.6. The number of nitro groups is 1. The van der Waals surface area contributed by atoms with Crippen LogP contribution in [0.25, 0.3) is 0 Å². The van der Waals surface area contributed by atoms with E-state index in [1.165, 1.54) is 12.1 Å². The van der Waals surface area contributed by atoms with Crippen molar-refractivity contribution in [1.29, 1.82) is 0 Å². The van der Waals surface area contributed by atoms with Crippen LogP contribution in [0.2, 0.25) is 15.1 Å². The second-order valence-corrected chi connectivity index (χ2v) is 6.70. The fourth-order valence-corrected chi connectivity index (χ4v) is 3.14. The van der Waals surface area contributed by atoms with E-state index in [4.69, 9.17) is 39.5 Å². The lowest BCUT2D eigenvalue weighted by Crippen LogP contribution is -2.21. The largest absolute Gasteiger partial charge is 0.481 e. The SMILES string of the molecule is Cc1c(NC(=O)COc2c(Cl)c(C)c(Cl)c(C)c2Cl)cccc1[N+](=O)[O-]. The molecule has 0 spiro atoms. The zero-order valence-electron chi connectivity index (χ0n) is 14.2. The Hall–Kier alpha value is -2.02. The molecular formula is C17H15Cl3N2O4. The van der Waals surface area contributed by atoms with Crippen molar-refractivity contribution >= 4 is 52.1 Å². The molecule has 0 saturated carbocycles. The average molecular weight is 418 g/mol. The summed E-state index contributed by atoms with van der Waals surface area (Å²) in [5.74, 6) is -0.343. The van der Waals surface area contributed by atoms with E-state index in [0.717, 1.165) is 0 Å². The Labute approximate surface area is 165 Å². The quantitative estimate of drug-likeness (QED) is 0.514. The van der Waals surface area contributed by atoms with E-state index in [2.05, 4.69) is 5.32 Å². The van der Waals surface area contributed by atoms with Crippen LogP contribution in [0.15, 0.2) is 18.2 Å². The Bertz CT molecular complexity index is 871. The molecule has 0 aromatic heterocycles. The molecule has 9 heteroatoms. The number of nitrogens with zero attached hydrogens (tertiary/aromatic N) is 1. The predicted octanol–water partition coefficient (Wildman–Crippen LogP) is 5.50. The number of carbonyl (C=O) groups is 1. The van der Waals surface area contributed by atoms with Crippen molar-refractivity contribution in [2.75, 3.05) is 11.9 Å². The summed E-state index contributed by atoms with van der Waals surface area (Å²) in [6.45, 7) is 4.61. The number of nitrogens with one attached hydrogen (secondary N) is 1. The highest BCUT2D eigenvalue weighted by molar-refractivity contribution is 6.42. The summed E-state index contributed by atoms with van der Waals surface area (Å²) in [6.07, 6.45) is 0. The van der Waals surface area contributed by atoms with Crippen molar-refractivity contribution in [3.05, 3.63) is 60.1 Å². The fourth-order valence-electron chi connectivity index (χ4n) is 2.32. The van der Waals surface area contributed by atoms with Crippen LogP contribution < -0.4 is 10.1 Å². The number of hydrogen-bond acceptors (Lipinski definition) is 4. The van der Waals surface area contributed by atoms with Crippen LogP contribution in [-0.4, -0.2) is 17.4 Å². The summed E-state index contributed by atoms with van der Waals surface area (Å²) >= 11 is 18.5. The normalized spacial score (nSPS) is 10.5. The van der Waals surface area contributed by atoms with E-state index >= 15 is 0 Å². The van der Waals surface area contributed by atoms with Crippen molar-refractivity contribution in [3.63, 3.8) is 0 Å². The summed E-state index contributed by atoms with van der Waals surface area (Å²) in [6, 6.07) is 4.42. The van der Waals surface area contributed by atoms with E-state index in [1.807, 2.05) is 0 Å². The Morgan fingerprint density at radius 1 is 1.08 bits per heavy atom. The molecule has 6 nitrogen and oxygen atoms in total. The van der Waals surface area contributed by atoms with Gasteiger partial charge in [0.2, 0.25) is 0 Å². The number of ether oxygens (including phenoxy) is 1. The molecular weight excluding hydrogens is 403 g/mol. The third kappa shape index (κ3) is 4.03. The van der Waals surface area contributed by atoms with E-state index in [1.54, 1.807) is 26.8 Å². The van der Waals surface area contributed by atoms with Gasteiger partial charge in [0.05, 0.1) is 26.2 Å². The molecule has 0 radical (unpaired) electrons. The van der Waals surface area contributed by atoms with E-state index < -0.39 is 10.8 Å². The van der Waals surface area contributed by atoms with Gasteiger partial charge in [-0.15, -0.1) is 0 Å². The highest BCUT2D eigenvalue weighted by Gasteiger charge is 2.19. The van der Waals surface area contributed by atoms with Crippen LogP contribution in [0.5, 0.6) is 5.75 Å². The minimum Gasteiger partial charge on any atom is -0.481 e. The van der Waals surface area contributed by atoms with Crippen molar-refractivity contribution < 1.29 is 14.5 Å². The Balaban J connectivity index is 2.16. The third-order valence-corrected chi connectivity index (χ3v) is 5.32. The van der Waals surface area contributed by atoms with Crippen molar-refractivity contribution in [2.45, 2.75) is 20.8 Å². The number of halogens is 3. The minimum atomic E-state index is -0.514. The number of benzene rings is 2. The van der Waals surface area contributed by atoms with Gasteiger partial charge >= 0.3 is 0 Å². The highest BCUT2D eigenvalue weighted by Crippen LogP contribution is 2.42. The van der Waals surface area contributed by atoms with Crippen LogP contribution in [-0.2, 0) is 4.79 Å². The standard InChI is InChI=1S/C17H15Cl3N2O4/c1-8-11(5-4-6-12(8)22(24)25)21-13(23)7-26-17-15(19)9(2)14(18)10(3)16(17)20/h4-6H,7H2,1-3H3,(H,21,23). The Kier molecular flexibility index (Phi) is 6.34. The maximum atomic E-state index is 12.2. The molecule has 2 aromatic carbocycles. The van der Waals surface area contributed by atoms with Gasteiger partial charge in [0.15, 0.2) is 12.4 Å². The molecule has 0 atom stereocenters. The molecule has 0 unspecified atom stereocenters. The lowest BCUT2D eigenvalue weighted by molar-refractivity contribution is -0.385. The predicted molar refractivity (Wildman–Crippen MR) is 103 cm³/mol. The second-order valence-electron chi connectivity index (χ2n) is 5.56. The van der Waals surface area contributed by atoms with E-state index in [9.17, 15) is 14.9 Å². The van der Waals surface area contributed by atoms with Crippen LogP contribution in [0.4, 0.5) is 11.4 Å². The average Bonchev–Trinajstić information content (AvgIpc) is 2.59. The molecule has 0 aliphatic carbocycles. The first kappa shape index (κ1) is 20.3. The van der Waals surface area contributed by atoms with Crippen LogP contribution in [0, 0.1) is 30.9 Å². The monoisotopic (exact) mass is 416 g/mol. The molecule has 0 fully saturated rings. The minimum absolute atomic E-state index is 0.0845. The third-order valence-electron chi connectivity index (χ3n) is 3.84. The zero-order valence-corrected chi connectivity index (χ0v) is 16.4. The van der Waals surface area contributed by atoms with Gasteiger partial charge in [-0.2, -0.15) is 0 Å². The van der Waals surface area contributed by atoms with Crippen LogP contribution in [0.3, 0.4) is 0 Å². The van der Waals surface area contributed by atoms with E-state index in [-0.39, 0.29) is 28.1 Å². The summed E-state index contributed by atoms with van der Waals surface area (Å²) < 4.78 is 5.47. The smallest absolute Gasteiger partial charge is 0.274 e. The molecule has 138 valence electrons. The number of carbonyl (C=O) groups excluding carboxylic acids is 1. The van der Waals surface area contributed by atoms with Gasteiger partial charge in [-0.25, -0.2) is 0 Å².